The maximum absolute atomic E-state index is 14.6. The number of nitrogens with zero attached hydrogens (tertiary/aromatic N) is 5. The predicted molar refractivity (Wildman–Crippen MR) is 119 cm³/mol. The van der Waals surface area contributed by atoms with Crippen molar-refractivity contribution >= 4 is 22.6 Å². The molecule has 0 radical (unpaired) electrons. The molecule has 0 aliphatic carbocycles. The van der Waals surface area contributed by atoms with E-state index in [4.69, 9.17) is 5.73 Å². The summed E-state index contributed by atoms with van der Waals surface area (Å²) in [6.07, 6.45) is 5.07. The first-order valence-electron chi connectivity index (χ1n) is 10.1. The number of rotatable bonds is 4. The van der Waals surface area contributed by atoms with E-state index in [0.29, 0.717) is 17.0 Å². The van der Waals surface area contributed by atoms with Crippen LogP contribution in [0.4, 0.5) is 4.39 Å². The van der Waals surface area contributed by atoms with Gasteiger partial charge in [0.15, 0.2) is 0 Å². The van der Waals surface area contributed by atoms with E-state index >= 15 is 0 Å². The van der Waals surface area contributed by atoms with Crippen molar-refractivity contribution in [2.75, 3.05) is 0 Å². The van der Waals surface area contributed by atoms with Crippen LogP contribution in [0.15, 0.2) is 61.1 Å². The molecule has 3 aromatic heterocycles. The van der Waals surface area contributed by atoms with E-state index in [1.54, 1.807) is 36.1 Å². The molecule has 0 fully saturated rings. The van der Waals surface area contributed by atoms with Crippen LogP contribution in [0.1, 0.15) is 40.0 Å². The molecule has 2 aromatic carbocycles. The third-order valence-electron chi connectivity index (χ3n) is 5.75. The normalized spacial score (nSPS) is 12.3. The Morgan fingerprint density at radius 3 is 2.72 bits per heavy atom. The van der Waals surface area contributed by atoms with E-state index in [9.17, 15) is 9.18 Å². The van der Waals surface area contributed by atoms with Crippen molar-refractivity contribution in [3.63, 3.8) is 0 Å². The highest BCUT2D eigenvalue weighted by Crippen LogP contribution is 2.29. The van der Waals surface area contributed by atoms with Crippen LogP contribution in [0.5, 0.6) is 0 Å². The molecule has 0 spiro atoms. The van der Waals surface area contributed by atoms with Crippen LogP contribution in [0, 0.1) is 12.7 Å². The average molecular weight is 426 g/mol. The summed E-state index contributed by atoms with van der Waals surface area (Å²) in [7, 11) is 0. The van der Waals surface area contributed by atoms with Gasteiger partial charge in [-0.05, 0) is 42.3 Å². The quantitative estimate of drug-likeness (QED) is 0.468. The molecule has 0 aliphatic heterocycles. The van der Waals surface area contributed by atoms with Crippen molar-refractivity contribution in [1.82, 2.24) is 24.6 Å². The van der Waals surface area contributed by atoms with Crippen LogP contribution in [-0.2, 0) is 0 Å². The van der Waals surface area contributed by atoms with E-state index in [-0.39, 0.29) is 17.0 Å². The Balaban J connectivity index is 1.60. The number of imidazole rings is 1. The molecule has 2 N–H and O–H groups in total. The average Bonchev–Trinajstić information content (AvgIpc) is 3.23. The first kappa shape index (κ1) is 19.7. The Hall–Kier alpha value is -4.20. The van der Waals surface area contributed by atoms with E-state index < -0.39 is 11.7 Å². The highest BCUT2D eigenvalue weighted by molar-refractivity contribution is 5.94. The van der Waals surface area contributed by atoms with Crippen LogP contribution >= 0.6 is 0 Å². The number of fused-ring (bicyclic) bond motifs is 2. The Labute approximate surface area is 182 Å². The Morgan fingerprint density at radius 1 is 1.09 bits per heavy atom. The number of nitrogens with two attached hydrogens (primary N) is 1. The fraction of sp³-hybridized carbons (Fsp3) is 0.125. The second kappa shape index (κ2) is 7.49. The summed E-state index contributed by atoms with van der Waals surface area (Å²) >= 11 is 0. The van der Waals surface area contributed by atoms with Gasteiger partial charge >= 0.3 is 0 Å². The number of carbonyl (C=O) groups is 1. The smallest absolute Gasteiger partial charge is 0.251 e. The van der Waals surface area contributed by atoms with Crippen molar-refractivity contribution in [3.05, 3.63) is 89.3 Å². The molecule has 1 unspecified atom stereocenters. The van der Waals surface area contributed by atoms with Crippen molar-refractivity contribution in [2.45, 2.75) is 19.8 Å². The van der Waals surface area contributed by atoms with Crippen molar-refractivity contribution in [3.8, 4) is 11.3 Å². The Bertz CT molecular complexity index is 1510. The van der Waals surface area contributed by atoms with Gasteiger partial charge in [0.05, 0.1) is 29.2 Å². The molecule has 8 heteroatoms. The molecule has 7 nitrogen and oxygen atoms in total. The third kappa shape index (κ3) is 3.17. The standard InChI is InChI=1S/C24H19FN6O/c1-13(15-5-8-19-16(10-15)4-3-9-27-19)21-12-29-24-28-11-20(30-31(21)24)17-6-7-18(23(26)32)22(25)14(17)2/h3-13H,1-2H3,(H2,26,32). The first-order chi connectivity index (χ1) is 15.4. The number of hydrogen-bond donors (Lipinski definition) is 1. The van der Waals surface area contributed by atoms with Gasteiger partial charge in [-0.1, -0.05) is 25.1 Å². The fourth-order valence-corrected chi connectivity index (χ4v) is 3.90. The lowest BCUT2D eigenvalue weighted by molar-refractivity contribution is 0.0996. The van der Waals surface area contributed by atoms with E-state index in [0.717, 1.165) is 22.2 Å². The van der Waals surface area contributed by atoms with Crippen molar-refractivity contribution < 1.29 is 9.18 Å². The maximum atomic E-state index is 14.6. The summed E-state index contributed by atoms with van der Waals surface area (Å²) in [6, 6.07) is 13.1. The monoisotopic (exact) mass is 426 g/mol. The zero-order valence-corrected chi connectivity index (χ0v) is 17.5. The highest BCUT2D eigenvalue weighted by Gasteiger charge is 2.19. The molecular weight excluding hydrogens is 407 g/mol. The van der Waals surface area contributed by atoms with Crippen LogP contribution in [0.2, 0.25) is 0 Å². The number of benzene rings is 2. The summed E-state index contributed by atoms with van der Waals surface area (Å²) in [5, 5.41) is 5.74. The number of halogens is 1. The van der Waals surface area contributed by atoms with Crippen LogP contribution in [0.25, 0.3) is 27.9 Å². The zero-order valence-electron chi connectivity index (χ0n) is 17.5. The lowest BCUT2D eigenvalue weighted by atomic mass is 9.97. The first-order valence-corrected chi connectivity index (χ1v) is 10.1. The number of pyridine rings is 1. The Morgan fingerprint density at radius 2 is 1.91 bits per heavy atom. The van der Waals surface area contributed by atoms with Gasteiger partial charge in [0, 0.05) is 23.1 Å². The van der Waals surface area contributed by atoms with Gasteiger partial charge < -0.3 is 5.73 Å². The lowest BCUT2D eigenvalue weighted by Crippen LogP contribution is -2.14. The van der Waals surface area contributed by atoms with Gasteiger partial charge in [-0.15, -0.1) is 0 Å². The van der Waals surface area contributed by atoms with Crippen LogP contribution < -0.4 is 5.73 Å². The van der Waals surface area contributed by atoms with Gasteiger partial charge in [-0.25, -0.2) is 18.9 Å². The number of primary amides is 1. The summed E-state index contributed by atoms with van der Waals surface area (Å²) < 4.78 is 16.3. The minimum atomic E-state index is -0.810. The minimum Gasteiger partial charge on any atom is -0.366 e. The minimum absolute atomic E-state index is 0.0192. The van der Waals surface area contributed by atoms with Crippen LogP contribution in [0.3, 0.4) is 0 Å². The summed E-state index contributed by atoms with van der Waals surface area (Å²) in [5.74, 6) is -1.03. The predicted octanol–water partition coefficient (Wildman–Crippen LogP) is 4.04. The molecule has 1 amide bonds. The molecule has 0 bridgehead atoms. The SMILES string of the molecule is Cc1c(-c2cnc3ncc(C(C)c4ccc5ncccc5c4)n3n2)ccc(C(N)=O)c1F. The van der Waals surface area contributed by atoms with E-state index in [1.165, 1.54) is 6.07 Å². The molecule has 32 heavy (non-hydrogen) atoms. The molecule has 0 aliphatic rings. The second-order valence-electron chi connectivity index (χ2n) is 7.68. The lowest BCUT2D eigenvalue weighted by Gasteiger charge is -2.13. The molecule has 5 rings (SSSR count). The van der Waals surface area contributed by atoms with E-state index in [2.05, 4.69) is 33.0 Å². The highest BCUT2D eigenvalue weighted by atomic mass is 19.1. The van der Waals surface area contributed by atoms with Gasteiger partial charge in [0.2, 0.25) is 0 Å². The molecule has 1 atom stereocenters. The molecule has 158 valence electrons. The van der Waals surface area contributed by atoms with Gasteiger partial charge in [0.25, 0.3) is 11.7 Å². The largest absolute Gasteiger partial charge is 0.366 e. The molecule has 0 saturated heterocycles. The van der Waals surface area contributed by atoms with Crippen molar-refractivity contribution in [1.29, 1.82) is 0 Å². The van der Waals surface area contributed by atoms with Crippen LogP contribution in [-0.4, -0.2) is 30.5 Å². The molecule has 3 heterocycles. The van der Waals surface area contributed by atoms with E-state index in [1.807, 2.05) is 24.3 Å². The molecular formula is C24H19FN6O. The van der Waals surface area contributed by atoms with Gasteiger partial charge in [-0.2, -0.15) is 5.10 Å². The maximum Gasteiger partial charge on any atom is 0.251 e. The summed E-state index contributed by atoms with van der Waals surface area (Å²) in [6.45, 7) is 3.66. The topological polar surface area (TPSA) is 99.1 Å². The summed E-state index contributed by atoms with van der Waals surface area (Å²) in [4.78, 5) is 24.6. The number of hydrogen-bond acceptors (Lipinski definition) is 5. The molecule has 0 saturated carbocycles. The van der Waals surface area contributed by atoms with Gasteiger partial charge in [0.1, 0.15) is 11.5 Å². The van der Waals surface area contributed by atoms with Crippen molar-refractivity contribution in [2.24, 2.45) is 5.73 Å². The second-order valence-corrected chi connectivity index (χ2v) is 7.68. The van der Waals surface area contributed by atoms with Gasteiger partial charge in [-0.3, -0.25) is 9.78 Å². The third-order valence-corrected chi connectivity index (χ3v) is 5.75. The fourth-order valence-electron chi connectivity index (χ4n) is 3.90. The number of carbonyl (C=O) groups excluding carboxylic acids is 1. The number of aromatic nitrogens is 5. The molecule has 5 aromatic rings. The number of amides is 1. The Kier molecular flexibility index (Phi) is 4.62. The summed E-state index contributed by atoms with van der Waals surface area (Å²) in [5.41, 5.74) is 9.26. The zero-order chi connectivity index (χ0) is 22.4.